The van der Waals surface area contributed by atoms with Crippen molar-refractivity contribution in [3.8, 4) is 11.5 Å². The first-order valence-electron chi connectivity index (χ1n) is 10.0. The molecule has 10 heteroatoms. The average molecular weight is 444 g/mol. The molecule has 0 aliphatic carbocycles. The van der Waals surface area contributed by atoms with Gasteiger partial charge in [0.2, 0.25) is 0 Å². The smallest absolute Gasteiger partial charge is 0.356 e. The van der Waals surface area contributed by atoms with Crippen molar-refractivity contribution < 1.29 is 38.1 Å². The fourth-order valence-electron chi connectivity index (χ4n) is 3.41. The van der Waals surface area contributed by atoms with Crippen molar-refractivity contribution in [2.24, 2.45) is 0 Å². The van der Waals surface area contributed by atoms with Gasteiger partial charge in [0.1, 0.15) is 16.9 Å². The van der Waals surface area contributed by atoms with Gasteiger partial charge in [-0.05, 0) is 32.9 Å². The van der Waals surface area contributed by atoms with E-state index in [1.807, 2.05) is 0 Å². The van der Waals surface area contributed by atoms with Crippen LogP contribution in [0.25, 0.3) is 21.8 Å². The van der Waals surface area contributed by atoms with E-state index in [0.717, 1.165) is 0 Å². The molecule has 0 aliphatic heterocycles. The molecule has 1 N–H and O–H groups in total. The molecule has 3 aromatic rings. The number of benzene rings is 1. The summed E-state index contributed by atoms with van der Waals surface area (Å²) in [5, 5.41) is 0.774. The van der Waals surface area contributed by atoms with E-state index in [9.17, 15) is 14.4 Å². The lowest BCUT2D eigenvalue weighted by Gasteiger charge is -2.15. The topological polar surface area (TPSA) is 126 Å². The van der Waals surface area contributed by atoms with Gasteiger partial charge in [-0.3, -0.25) is 0 Å². The summed E-state index contributed by atoms with van der Waals surface area (Å²) in [6.07, 6.45) is 0. The van der Waals surface area contributed by atoms with E-state index in [1.54, 1.807) is 26.8 Å². The van der Waals surface area contributed by atoms with Crippen LogP contribution in [0.4, 0.5) is 0 Å². The molecule has 170 valence electrons. The normalized spacial score (nSPS) is 10.8. The van der Waals surface area contributed by atoms with E-state index in [4.69, 9.17) is 23.7 Å². The minimum Gasteiger partial charge on any atom is -0.492 e. The highest BCUT2D eigenvalue weighted by Gasteiger charge is 2.27. The largest absolute Gasteiger partial charge is 0.492 e. The highest BCUT2D eigenvalue weighted by atomic mass is 16.5. The van der Waals surface area contributed by atoms with Crippen molar-refractivity contribution in [2.45, 2.75) is 20.8 Å². The van der Waals surface area contributed by atoms with Crippen LogP contribution in [0.3, 0.4) is 0 Å². The van der Waals surface area contributed by atoms with Crippen molar-refractivity contribution in [1.82, 2.24) is 9.97 Å². The second-order valence-electron chi connectivity index (χ2n) is 6.48. The Morgan fingerprint density at radius 1 is 0.844 bits per heavy atom. The Kier molecular flexibility index (Phi) is 6.82. The van der Waals surface area contributed by atoms with E-state index < -0.39 is 17.9 Å². The van der Waals surface area contributed by atoms with E-state index in [-0.39, 0.29) is 53.8 Å². The molecule has 0 atom stereocenters. The third kappa shape index (κ3) is 3.91. The Labute approximate surface area is 183 Å². The number of pyridine rings is 1. The van der Waals surface area contributed by atoms with Crippen molar-refractivity contribution in [2.75, 3.05) is 34.0 Å². The lowest BCUT2D eigenvalue weighted by atomic mass is 10.0. The summed E-state index contributed by atoms with van der Waals surface area (Å²) < 4.78 is 26.4. The summed E-state index contributed by atoms with van der Waals surface area (Å²) >= 11 is 0. The van der Waals surface area contributed by atoms with Crippen LogP contribution < -0.4 is 9.47 Å². The third-order valence-corrected chi connectivity index (χ3v) is 4.64. The van der Waals surface area contributed by atoms with E-state index in [2.05, 4.69) is 9.97 Å². The minimum absolute atomic E-state index is 0.0584. The first-order chi connectivity index (χ1) is 15.4. The Hall–Kier alpha value is -3.82. The first-order valence-corrected chi connectivity index (χ1v) is 10.0. The van der Waals surface area contributed by atoms with Crippen molar-refractivity contribution >= 4 is 39.7 Å². The molecule has 10 nitrogen and oxygen atoms in total. The molecule has 32 heavy (non-hydrogen) atoms. The number of rotatable bonds is 8. The molecule has 0 saturated carbocycles. The maximum absolute atomic E-state index is 12.9. The van der Waals surface area contributed by atoms with Gasteiger partial charge in [0, 0.05) is 10.8 Å². The number of carbonyl (C=O) groups is 3. The number of hydrogen-bond acceptors (Lipinski definition) is 9. The van der Waals surface area contributed by atoms with Crippen molar-refractivity contribution in [3.05, 3.63) is 29.1 Å². The number of methoxy groups -OCH3 is 2. The molecule has 0 saturated heterocycles. The van der Waals surface area contributed by atoms with Gasteiger partial charge in [0.15, 0.2) is 11.5 Å². The quantitative estimate of drug-likeness (QED) is 0.411. The second kappa shape index (κ2) is 9.54. The predicted octanol–water partition coefficient (Wildman–Crippen LogP) is 3.26. The Bertz CT molecular complexity index is 1200. The molecule has 0 fully saturated rings. The number of ether oxygens (including phenoxy) is 5. The number of carbonyl (C=O) groups excluding carboxylic acids is 3. The summed E-state index contributed by atoms with van der Waals surface area (Å²) in [4.78, 5) is 45.0. The molecule has 2 aromatic heterocycles. The first kappa shape index (κ1) is 22.9. The van der Waals surface area contributed by atoms with Crippen molar-refractivity contribution in [3.63, 3.8) is 0 Å². The van der Waals surface area contributed by atoms with Crippen LogP contribution in [0.15, 0.2) is 12.1 Å². The molecule has 1 aromatic carbocycles. The lowest BCUT2D eigenvalue weighted by Crippen LogP contribution is -2.13. The van der Waals surface area contributed by atoms with Crippen LogP contribution in [0, 0.1) is 0 Å². The summed E-state index contributed by atoms with van der Waals surface area (Å²) in [5.74, 6) is -1.51. The number of nitrogens with one attached hydrogen (secondary N) is 1. The number of H-pyrrole nitrogens is 1. The maximum Gasteiger partial charge on any atom is 0.356 e. The summed E-state index contributed by atoms with van der Waals surface area (Å²) in [7, 11) is 2.84. The third-order valence-electron chi connectivity index (χ3n) is 4.64. The molecule has 0 bridgehead atoms. The monoisotopic (exact) mass is 444 g/mol. The van der Waals surface area contributed by atoms with Crippen LogP contribution in [-0.4, -0.2) is 61.9 Å². The van der Waals surface area contributed by atoms with Gasteiger partial charge in [-0.25, -0.2) is 19.4 Å². The van der Waals surface area contributed by atoms with Gasteiger partial charge in [-0.1, -0.05) is 0 Å². The second-order valence-corrected chi connectivity index (χ2v) is 6.48. The van der Waals surface area contributed by atoms with Gasteiger partial charge >= 0.3 is 17.9 Å². The zero-order valence-corrected chi connectivity index (χ0v) is 18.5. The van der Waals surface area contributed by atoms with Gasteiger partial charge in [0.05, 0.1) is 45.1 Å². The Morgan fingerprint density at radius 2 is 1.44 bits per heavy atom. The van der Waals surface area contributed by atoms with Crippen LogP contribution in [0.5, 0.6) is 11.5 Å². The fourth-order valence-corrected chi connectivity index (χ4v) is 3.41. The highest BCUT2D eigenvalue weighted by molar-refractivity contribution is 6.20. The van der Waals surface area contributed by atoms with Crippen LogP contribution in [0.1, 0.15) is 52.1 Å². The fraction of sp³-hybridized carbons (Fsp3) is 0.364. The van der Waals surface area contributed by atoms with Gasteiger partial charge in [0.25, 0.3) is 0 Å². The highest BCUT2D eigenvalue weighted by Crippen LogP contribution is 2.44. The van der Waals surface area contributed by atoms with E-state index in [0.29, 0.717) is 16.3 Å². The summed E-state index contributed by atoms with van der Waals surface area (Å²) in [6.45, 7) is 5.46. The summed E-state index contributed by atoms with van der Waals surface area (Å²) in [6, 6.07) is 2.84. The molecule has 3 rings (SSSR count). The number of hydrogen-bond donors (Lipinski definition) is 1. The number of fused-ring (bicyclic) bond motifs is 3. The maximum atomic E-state index is 12.9. The van der Waals surface area contributed by atoms with Crippen LogP contribution in [-0.2, 0) is 14.2 Å². The van der Waals surface area contributed by atoms with Gasteiger partial charge in [-0.2, -0.15) is 0 Å². The average Bonchev–Trinajstić information content (AvgIpc) is 3.23. The van der Waals surface area contributed by atoms with Gasteiger partial charge in [-0.15, -0.1) is 0 Å². The molecular formula is C22H24N2O8. The summed E-state index contributed by atoms with van der Waals surface area (Å²) in [5.41, 5.74) is 0.663. The lowest BCUT2D eigenvalue weighted by molar-refractivity contribution is 0.0508. The Balaban J connectivity index is 2.48. The molecule has 0 aliphatic rings. The standard InChI is InChI=1S/C22H24N2O8/c1-6-30-20(25)11-9-13(21(26)31-7-2)24-17-15(11)16-12(18(28-4)19(17)29-5)10-14(23-16)22(27)32-8-3/h9-10,23H,6-8H2,1-5H3. The predicted molar refractivity (Wildman–Crippen MR) is 115 cm³/mol. The van der Waals surface area contributed by atoms with Crippen molar-refractivity contribution in [1.29, 1.82) is 0 Å². The molecule has 0 spiro atoms. The molecule has 2 heterocycles. The van der Waals surface area contributed by atoms with Crippen LogP contribution >= 0.6 is 0 Å². The number of nitrogens with zero attached hydrogens (tertiary/aromatic N) is 1. The zero-order valence-electron chi connectivity index (χ0n) is 18.5. The molecular weight excluding hydrogens is 420 g/mol. The molecule has 0 unspecified atom stereocenters. The number of aromatic nitrogens is 2. The number of aromatic amines is 1. The zero-order chi connectivity index (χ0) is 23.4. The SMILES string of the molecule is CCOC(=O)c1cc(C(=O)OCC)c2c(n1)c(OC)c(OC)c1cc(C(=O)OCC)[nH]c12. The van der Waals surface area contributed by atoms with E-state index >= 15 is 0 Å². The number of esters is 3. The van der Waals surface area contributed by atoms with Crippen LogP contribution in [0.2, 0.25) is 0 Å². The minimum atomic E-state index is -0.709. The Morgan fingerprint density at radius 3 is 2.03 bits per heavy atom. The van der Waals surface area contributed by atoms with Gasteiger partial charge < -0.3 is 28.7 Å². The molecule has 0 amide bonds. The van der Waals surface area contributed by atoms with E-state index in [1.165, 1.54) is 20.3 Å². The molecule has 0 radical (unpaired) electrons.